The van der Waals surface area contributed by atoms with Crippen LogP contribution in [0.25, 0.3) is 10.2 Å². The highest BCUT2D eigenvalue weighted by molar-refractivity contribution is 7.89. The number of thiazole rings is 1. The van der Waals surface area contributed by atoms with Crippen molar-refractivity contribution in [2.45, 2.75) is 23.8 Å². The van der Waals surface area contributed by atoms with Crippen LogP contribution >= 0.6 is 22.9 Å². The van der Waals surface area contributed by atoms with Crippen LogP contribution in [0.3, 0.4) is 0 Å². The summed E-state index contributed by atoms with van der Waals surface area (Å²) in [6.45, 7) is 0.689. The van der Waals surface area contributed by atoms with Gasteiger partial charge in [-0.2, -0.15) is 4.31 Å². The molecule has 4 rings (SSSR count). The number of carbonyl (C=O) groups is 1. The van der Waals surface area contributed by atoms with E-state index in [2.05, 4.69) is 9.72 Å². The van der Waals surface area contributed by atoms with Gasteiger partial charge in [0.25, 0.3) is 5.19 Å². The standard InChI is InChI=1S/C20H19ClN2O5S2/c1-27-19(24)13-5-7-15(8-6-13)30(25,26)23-11-9-14(10-12-23)28-20-22-18-16(21)3-2-4-17(18)29-20/h2-8,14H,9-12H2,1H3. The minimum Gasteiger partial charge on any atom is -0.467 e. The van der Waals surface area contributed by atoms with Crippen LogP contribution in [0.1, 0.15) is 23.2 Å². The largest absolute Gasteiger partial charge is 0.467 e. The van der Waals surface area contributed by atoms with Crippen molar-refractivity contribution in [1.82, 2.24) is 9.29 Å². The van der Waals surface area contributed by atoms with Crippen LogP contribution in [0.4, 0.5) is 0 Å². The third-order valence-electron chi connectivity index (χ3n) is 4.93. The third-order valence-corrected chi connectivity index (χ3v) is 8.06. The molecule has 0 unspecified atom stereocenters. The molecule has 0 spiro atoms. The summed E-state index contributed by atoms with van der Waals surface area (Å²) in [5.74, 6) is -0.506. The van der Waals surface area contributed by atoms with Crippen LogP contribution in [-0.2, 0) is 14.8 Å². The van der Waals surface area contributed by atoms with E-state index in [9.17, 15) is 13.2 Å². The molecule has 0 N–H and O–H groups in total. The first-order valence-corrected chi connectivity index (χ1v) is 11.9. The fraction of sp³-hybridized carbons (Fsp3) is 0.300. The number of rotatable bonds is 5. The zero-order valence-electron chi connectivity index (χ0n) is 16.1. The summed E-state index contributed by atoms with van der Waals surface area (Å²) < 4.78 is 38.8. The number of sulfonamides is 1. The minimum absolute atomic E-state index is 0.113. The van der Waals surface area contributed by atoms with Crippen molar-refractivity contribution in [2.75, 3.05) is 20.2 Å². The fourth-order valence-corrected chi connectivity index (χ4v) is 5.96. The van der Waals surface area contributed by atoms with Crippen LogP contribution < -0.4 is 4.74 Å². The number of nitrogens with zero attached hydrogens (tertiary/aromatic N) is 2. The molecule has 0 bridgehead atoms. The Balaban J connectivity index is 1.40. The lowest BCUT2D eigenvalue weighted by Gasteiger charge is -2.30. The molecular weight excluding hydrogens is 448 g/mol. The monoisotopic (exact) mass is 466 g/mol. The summed E-state index contributed by atoms with van der Waals surface area (Å²) >= 11 is 7.59. The molecule has 158 valence electrons. The van der Waals surface area contributed by atoms with Crippen molar-refractivity contribution in [3.63, 3.8) is 0 Å². The van der Waals surface area contributed by atoms with Crippen molar-refractivity contribution < 1.29 is 22.7 Å². The van der Waals surface area contributed by atoms with Crippen LogP contribution in [0.15, 0.2) is 47.4 Å². The Kier molecular flexibility index (Phi) is 5.97. The molecule has 2 heterocycles. The molecule has 0 saturated carbocycles. The number of aromatic nitrogens is 1. The summed E-state index contributed by atoms with van der Waals surface area (Å²) in [6.07, 6.45) is 1.00. The van der Waals surface area contributed by atoms with E-state index in [1.54, 1.807) is 6.07 Å². The molecule has 2 aromatic carbocycles. The Morgan fingerprint density at radius 3 is 2.50 bits per heavy atom. The van der Waals surface area contributed by atoms with E-state index in [-0.39, 0.29) is 11.0 Å². The summed E-state index contributed by atoms with van der Waals surface area (Å²) in [6, 6.07) is 11.3. The highest BCUT2D eigenvalue weighted by Gasteiger charge is 2.30. The van der Waals surface area contributed by atoms with Crippen molar-refractivity contribution in [3.8, 4) is 5.19 Å². The predicted molar refractivity (Wildman–Crippen MR) is 115 cm³/mol. The average Bonchev–Trinajstić information content (AvgIpc) is 3.17. The SMILES string of the molecule is COC(=O)c1ccc(S(=O)(=O)N2CCC(Oc3nc4c(Cl)cccc4s3)CC2)cc1. The van der Waals surface area contributed by atoms with E-state index in [1.165, 1.54) is 47.0 Å². The summed E-state index contributed by atoms with van der Waals surface area (Å²) in [5.41, 5.74) is 1.02. The number of para-hydroxylation sites is 1. The van der Waals surface area contributed by atoms with Crippen molar-refractivity contribution in [2.24, 2.45) is 0 Å². The van der Waals surface area contributed by atoms with Crippen LogP contribution in [0.5, 0.6) is 5.19 Å². The lowest BCUT2D eigenvalue weighted by Crippen LogP contribution is -2.41. The Labute approximate surface area is 183 Å². The van der Waals surface area contributed by atoms with Crippen molar-refractivity contribution in [1.29, 1.82) is 0 Å². The third kappa shape index (κ3) is 4.15. The Morgan fingerprint density at radius 2 is 1.87 bits per heavy atom. The number of benzene rings is 2. The molecule has 30 heavy (non-hydrogen) atoms. The van der Waals surface area contributed by atoms with Crippen LogP contribution in [0.2, 0.25) is 5.02 Å². The van der Waals surface area contributed by atoms with Gasteiger partial charge in [-0.3, -0.25) is 0 Å². The summed E-state index contributed by atoms with van der Waals surface area (Å²) in [4.78, 5) is 16.1. The van der Waals surface area contributed by atoms with Gasteiger partial charge in [0.1, 0.15) is 11.6 Å². The predicted octanol–water partition coefficient (Wildman–Crippen LogP) is 3.97. The lowest BCUT2D eigenvalue weighted by atomic mass is 10.1. The van der Waals surface area contributed by atoms with Gasteiger partial charge in [-0.15, -0.1) is 0 Å². The smallest absolute Gasteiger partial charge is 0.337 e. The fourth-order valence-electron chi connectivity index (χ4n) is 3.31. The first-order chi connectivity index (χ1) is 14.4. The average molecular weight is 467 g/mol. The first-order valence-electron chi connectivity index (χ1n) is 9.29. The number of piperidine rings is 1. The normalized spacial score (nSPS) is 15.9. The van der Waals surface area contributed by atoms with Gasteiger partial charge in [0.05, 0.1) is 27.3 Å². The van der Waals surface area contributed by atoms with Gasteiger partial charge in [0.2, 0.25) is 10.0 Å². The number of esters is 1. The second kappa shape index (κ2) is 8.50. The molecule has 1 aromatic heterocycles. The van der Waals surface area contributed by atoms with E-state index in [0.717, 1.165) is 10.2 Å². The topological polar surface area (TPSA) is 85.8 Å². The maximum absolute atomic E-state index is 12.9. The van der Waals surface area contributed by atoms with Gasteiger partial charge >= 0.3 is 5.97 Å². The number of halogens is 1. The Morgan fingerprint density at radius 1 is 1.17 bits per heavy atom. The van der Waals surface area contributed by atoms with Gasteiger partial charge in [-0.05, 0) is 49.2 Å². The van der Waals surface area contributed by atoms with Gasteiger partial charge in [-0.1, -0.05) is 29.0 Å². The molecule has 0 aliphatic carbocycles. The number of ether oxygens (including phenoxy) is 2. The molecule has 0 radical (unpaired) electrons. The van der Waals surface area contributed by atoms with E-state index < -0.39 is 16.0 Å². The molecule has 1 aliphatic heterocycles. The Bertz CT molecular complexity index is 1170. The Hall–Kier alpha value is -2.20. The molecule has 0 atom stereocenters. The minimum atomic E-state index is -3.64. The molecular formula is C20H19ClN2O5S2. The maximum Gasteiger partial charge on any atom is 0.337 e. The zero-order chi connectivity index (χ0) is 21.3. The van der Waals surface area contributed by atoms with E-state index in [4.69, 9.17) is 16.3 Å². The highest BCUT2D eigenvalue weighted by atomic mass is 35.5. The van der Waals surface area contributed by atoms with Gasteiger partial charge < -0.3 is 9.47 Å². The quantitative estimate of drug-likeness (QED) is 0.529. The number of carbonyl (C=O) groups excluding carboxylic acids is 1. The van der Waals surface area contributed by atoms with Crippen molar-refractivity contribution >= 4 is 49.1 Å². The molecule has 1 aliphatic rings. The van der Waals surface area contributed by atoms with Crippen LogP contribution in [0, 0.1) is 0 Å². The molecule has 7 nitrogen and oxygen atoms in total. The zero-order valence-corrected chi connectivity index (χ0v) is 18.5. The van der Waals surface area contributed by atoms with Gasteiger partial charge in [0, 0.05) is 13.1 Å². The number of hydrogen-bond donors (Lipinski definition) is 0. The highest BCUT2D eigenvalue weighted by Crippen LogP contribution is 2.33. The van der Waals surface area contributed by atoms with Crippen LogP contribution in [-0.4, -0.2) is 50.0 Å². The molecule has 3 aromatic rings. The van der Waals surface area contributed by atoms with Gasteiger partial charge in [0.15, 0.2) is 0 Å². The van der Waals surface area contributed by atoms with E-state index >= 15 is 0 Å². The summed E-state index contributed by atoms with van der Waals surface area (Å²) in [5, 5.41) is 1.12. The number of fused-ring (bicyclic) bond motifs is 1. The second-order valence-corrected chi connectivity index (χ2v) is 10.1. The van der Waals surface area contributed by atoms with Gasteiger partial charge in [-0.25, -0.2) is 18.2 Å². The number of methoxy groups -OCH3 is 1. The van der Waals surface area contributed by atoms with E-state index in [0.29, 0.717) is 41.7 Å². The lowest BCUT2D eigenvalue weighted by molar-refractivity contribution is 0.0600. The molecule has 0 amide bonds. The molecule has 10 heteroatoms. The second-order valence-electron chi connectivity index (χ2n) is 6.80. The molecule has 1 saturated heterocycles. The number of hydrogen-bond acceptors (Lipinski definition) is 7. The summed E-state index contributed by atoms with van der Waals surface area (Å²) in [7, 11) is -2.36. The van der Waals surface area contributed by atoms with E-state index in [1.807, 2.05) is 12.1 Å². The van der Waals surface area contributed by atoms with Crippen molar-refractivity contribution in [3.05, 3.63) is 53.1 Å². The molecule has 1 fully saturated rings. The first kappa shape index (κ1) is 21.0. The maximum atomic E-state index is 12.9.